The van der Waals surface area contributed by atoms with Gasteiger partial charge in [0.2, 0.25) is 0 Å². The fraction of sp³-hybridized carbons (Fsp3) is 0.208. The molecule has 0 fully saturated rings. The topological polar surface area (TPSA) is 40.6 Å². The zero-order valence-electron chi connectivity index (χ0n) is 33.8. The molecular formula is C53H50N2O2. The van der Waals surface area contributed by atoms with Crippen molar-refractivity contribution in [2.75, 3.05) is 9.80 Å². The van der Waals surface area contributed by atoms with Gasteiger partial charge in [0.1, 0.15) is 0 Å². The highest BCUT2D eigenvalue weighted by molar-refractivity contribution is 6.14. The van der Waals surface area contributed by atoms with Crippen LogP contribution in [0, 0.1) is 18.3 Å². The summed E-state index contributed by atoms with van der Waals surface area (Å²) in [5, 5.41) is 0. The third-order valence-corrected chi connectivity index (χ3v) is 12.4. The number of ketones is 2. The molecule has 0 spiro atoms. The average Bonchev–Trinajstić information content (AvgIpc) is 3.22. The van der Waals surface area contributed by atoms with E-state index in [0.29, 0.717) is 22.3 Å². The van der Waals surface area contributed by atoms with Crippen molar-refractivity contribution in [1.82, 2.24) is 0 Å². The van der Waals surface area contributed by atoms with Gasteiger partial charge in [-0.1, -0.05) is 150 Å². The molecule has 4 heteroatoms. The quantitative estimate of drug-likeness (QED) is 0.111. The number of para-hydroxylation sites is 1. The first-order valence-electron chi connectivity index (χ1n) is 20.0. The lowest BCUT2D eigenvalue weighted by atomic mass is 9.64. The second kappa shape index (κ2) is 14.7. The van der Waals surface area contributed by atoms with E-state index < -0.39 is 0 Å². The number of benzene rings is 5. The minimum atomic E-state index is -0.189. The van der Waals surface area contributed by atoms with Crippen LogP contribution in [0.25, 0.3) is 0 Å². The molecule has 2 heterocycles. The van der Waals surface area contributed by atoms with E-state index >= 15 is 0 Å². The van der Waals surface area contributed by atoms with Crippen LogP contribution in [0.4, 0.5) is 22.7 Å². The zero-order valence-corrected chi connectivity index (χ0v) is 33.8. The Hall–Kier alpha value is -6.26. The smallest absolute Gasteiger partial charge is 0.193 e. The van der Waals surface area contributed by atoms with Crippen molar-refractivity contribution in [3.05, 3.63) is 215 Å². The van der Waals surface area contributed by atoms with Crippen molar-refractivity contribution < 1.29 is 9.59 Å². The number of nitrogens with zero attached hydrogens (tertiary/aromatic N) is 2. The predicted octanol–water partition coefficient (Wildman–Crippen LogP) is 12.9. The number of anilines is 4. The van der Waals surface area contributed by atoms with Crippen LogP contribution in [0.1, 0.15) is 89.6 Å². The van der Waals surface area contributed by atoms with Gasteiger partial charge in [-0.15, -0.1) is 0 Å². The molecule has 0 N–H and O–H groups in total. The van der Waals surface area contributed by atoms with Crippen molar-refractivity contribution in [2.24, 2.45) is 11.3 Å². The summed E-state index contributed by atoms with van der Waals surface area (Å²) < 4.78 is 0. The Labute approximate surface area is 337 Å². The lowest BCUT2D eigenvalue weighted by Crippen LogP contribution is -2.50. The third-order valence-electron chi connectivity index (χ3n) is 12.4. The standard InChI is InChI=1S/C53H50N2O2/c1-8-10-28-45-42(9-2)52(4,5)43-26-11-13-29-46(43)54(45)40-24-17-22-38(33-40)50(56)36-20-16-21-37(32-36)51(57)39-23-18-25-41(34-39)55-47-30-14-12-27-44(47)53(6,7)49-35(3)19-15-31-48(49)55/h8,10-34,43,46H,1,9H2,2-7H3/b28-10-. The van der Waals surface area contributed by atoms with Crippen molar-refractivity contribution in [3.63, 3.8) is 0 Å². The van der Waals surface area contributed by atoms with Gasteiger partial charge in [0.25, 0.3) is 0 Å². The van der Waals surface area contributed by atoms with Gasteiger partial charge in [0.15, 0.2) is 11.6 Å². The van der Waals surface area contributed by atoms with Crippen LogP contribution in [0.3, 0.4) is 0 Å². The van der Waals surface area contributed by atoms with Crippen LogP contribution in [0.2, 0.25) is 0 Å². The van der Waals surface area contributed by atoms with Gasteiger partial charge >= 0.3 is 0 Å². The molecule has 0 radical (unpaired) electrons. The molecule has 1 aliphatic carbocycles. The first kappa shape index (κ1) is 37.7. The Balaban J connectivity index is 1.13. The number of allylic oxidation sites excluding steroid dienone is 6. The second-order valence-electron chi connectivity index (χ2n) is 16.5. The largest absolute Gasteiger partial charge is 0.334 e. The van der Waals surface area contributed by atoms with E-state index in [1.165, 1.54) is 22.3 Å². The van der Waals surface area contributed by atoms with Gasteiger partial charge in [0.05, 0.1) is 17.4 Å². The molecule has 2 unspecified atom stereocenters. The molecule has 0 saturated carbocycles. The molecule has 2 aliphatic heterocycles. The maximum Gasteiger partial charge on any atom is 0.193 e. The highest BCUT2D eigenvalue weighted by Gasteiger charge is 2.45. The van der Waals surface area contributed by atoms with E-state index in [9.17, 15) is 9.59 Å². The lowest BCUT2D eigenvalue weighted by Gasteiger charge is -2.51. The van der Waals surface area contributed by atoms with Crippen molar-refractivity contribution >= 4 is 34.3 Å². The first-order chi connectivity index (χ1) is 27.5. The lowest BCUT2D eigenvalue weighted by molar-refractivity contribution is 0.103. The van der Waals surface area contributed by atoms with E-state index in [0.717, 1.165) is 34.9 Å². The number of carbonyl (C=O) groups is 2. The minimum absolute atomic E-state index is 0.0589. The van der Waals surface area contributed by atoms with Crippen LogP contribution < -0.4 is 9.80 Å². The Morgan fingerprint density at radius 3 is 1.96 bits per heavy atom. The van der Waals surface area contributed by atoms with Crippen LogP contribution >= 0.6 is 0 Å². The van der Waals surface area contributed by atoms with Crippen molar-refractivity contribution in [1.29, 1.82) is 0 Å². The summed E-state index contributed by atoms with van der Waals surface area (Å²) in [5.74, 6) is -0.00445. The highest BCUT2D eigenvalue weighted by Crippen LogP contribution is 2.53. The maximum absolute atomic E-state index is 14.3. The van der Waals surface area contributed by atoms with Gasteiger partial charge < -0.3 is 9.80 Å². The third kappa shape index (κ3) is 6.34. The molecule has 0 saturated heterocycles. The summed E-state index contributed by atoms with van der Waals surface area (Å²) in [6.07, 6.45) is 15.7. The molecule has 2 atom stereocenters. The van der Waals surface area contributed by atoms with E-state index in [2.05, 4.69) is 143 Å². The molecule has 5 aromatic carbocycles. The molecule has 3 aliphatic rings. The Morgan fingerprint density at radius 2 is 1.28 bits per heavy atom. The van der Waals surface area contributed by atoms with Gasteiger partial charge in [0, 0.05) is 50.7 Å². The number of fused-ring (bicyclic) bond motifs is 3. The molecule has 8 rings (SSSR count). The van der Waals surface area contributed by atoms with Crippen LogP contribution in [0.15, 0.2) is 176 Å². The minimum Gasteiger partial charge on any atom is -0.334 e. The van der Waals surface area contributed by atoms with Crippen LogP contribution in [-0.2, 0) is 5.41 Å². The number of carbonyl (C=O) groups excluding carboxylic acids is 2. The predicted molar refractivity (Wildman–Crippen MR) is 236 cm³/mol. The molecule has 4 nitrogen and oxygen atoms in total. The number of hydrogen-bond donors (Lipinski definition) is 0. The molecular weight excluding hydrogens is 697 g/mol. The summed E-state index contributed by atoms with van der Waals surface area (Å²) in [4.78, 5) is 33.3. The fourth-order valence-electron chi connectivity index (χ4n) is 9.74. The summed E-state index contributed by atoms with van der Waals surface area (Å²) in [5.41, 5.74) is 12.1. The number of aryl methyl sites for hydroxylation is 1. The number of hydrogen-bond acceptors (Lipinski definition) is 4. The second-order valence-corrected chi connectivity index (χ2v) is 16.5. The van der Waals surface area contributed by atoms with Crippen molar-refractivity contribution in [2.45, 2.75) is 59.4 Å². The highest BCUT2D eigenvalue weighted by atomic mass is 16.1. The summed E-state index contributed by atoms with van der Waals surface area (Å²) in [6, 6.07) is 37.9. The van der Waals surface area contributed by atoms with E-state index in [4.69, 9.17) is 0 Å². The van der Waals surface area contributed by atoms with Gasteiger partial charge in [-0.3, -0.25) is 9.59 Å². The van der Waals surface area contributed by atoms with Gasteiger partial charge in [-0.25, -0.2) is 0 Å². The van der Waals surface area contributed by atoms with Crippen molar-refractivity contribution in [3.8, 4) is 0 Å². The first-order valence-corrected chi connectivity index (χ1v) is 20.0. The Bertz CT molecular complexity index is 2560. The molecule has 284 valence electrons. The summed E-state index contributed by atoms with van der Waals surface area (Å²) in [6.45, 7) is 17.6. The molecule has 0 aromatic heterocycles. The van der Waals surface area contributed by atoms with E-state index in [1.807, 2.05) is 48.6 Å². The average molecular weight is 747 g/mol. The molecule has 0 amide bonds. The summed E-state index contributed by atoms with van der Waals surface area (Å²) in [7, 11) is 0. The van der Waals surface area contributed by atoms with Crippen LogP contribution in [-0.4, -0.2) is 17.6 Å². The molecule has 57 heavy (non-hydrogen) atoms. The van der Waals surface area contributed by atoms with E-state index in [-0.39, 0.29) is 34.4 Å². The SMILES string of the molecule is C=C/C=C\C1=C(CC)C(C)(C)C2C=CC=CC2N1c1cccc(C(=O)c2cccc(C(=O)c3cccc(N4c5ccccc5C(C)(C)c5c(C)cccc54)c3)c2)c1. The molecule has 5 aromatic rings. The summed E-state index contributed by atoms with van der Waals surface area (Å²) >= 11 is 0. The van der Waals surface area contributed by atoms with Crippen LogP contribution in [0.5, 0.6) is 0 Å². The fourth-order valence-corrected chi connectivity index (χ4v) is 9.74. The molecule has 0 bridgehead atoms. The van der Waals surface area contributed by atoms with E-state index in [1.54, 1.807) is 24.3 Å². The van der Waals surface area contributed by atoms with Gasteiger partial charge in [-0.2, -0.15) is 0 Å². The monoisotopic (exact) mass is 746 g/mol. The Morgan fingerprint density at radius 1 is 0.702 bits per heavy atom. The zero-order chi connectivity index (χ0) is 40.1. The normalized spacial score (nSPS) is 18.9. The maximum atomic E-state index is 14.3. The number of rotatable bonds is 9. The Kier molecular flexibility index (Phi) is 9.69. The van der Waals surface area contributed by atoms with Gasteiger partial charge in [-0.05, 0) is 89.6 Å².